The summed E-state index contributed by atoms with van der Waals surface area (Å²) in [5, 5.41) is 12.0. The molecule has 1 aliphatic carbocycles. The van der Waals surface area contributed by atoms with E-state index in [4.69, 9.17) is 9.94 Å². The molecule has 98 valence electrons. The third-order valence-corrected chi connectivity index (χ3v) is 3.67. The molecule has 0 bridgehead atoms. The van der Waals surface area contributed by atoms with Gasteiger partial charge >= 0.3 is 0 Å². The highest BCUT2D eigenvalue weighted by molar-refractivity contribution is 5.98. The van der Waals surface area contributed by atoms with Gasteiger partial charge < -0.3 is 9.94 Å². The smallest absolute Gasteiger partial charge is 0.119 e. The predicted octanol–water partition coefficient (Wildman–Crippen LogP) is 3.84. The molecule has 18 heavy (non-hydrogen) atoms. The van der Waals surface area contributed by atoms with Crippen molar-refractivity contribution >= 4 is 5.71 Å². The molecule has 0 heterocycles. The van der Waals surface area contributed by atoms with Crippen molar-refractivity contribution in [2.45, 2.75) is 39.0 Å². The van der Waals surface area contributed by atoms with Gasteiger partial charge in [-0.1, -0.05) is 43.0 Å². The molecule has 1 saturated carbocycles. The molecule has 3 heteroatoms. The van der Waals surface area contributed by atoms with Crippen molar-refractivity contribution < 1.29 is 9.94 Å². The minimum absolute atomic E-state index is 0.608. The molecule has 1 aliphatic rings. The molecule has 0 unspecified atom stereocenters. The number of benzene rings is 1. The molecule has 0 aliphatic heterocycles. The lowest BCUT2D eigenvalue weighted by Gasteiger charge is -2.11. The van der Waals surface area contributed by atoms with Crippen LogP contribution in [0.2, 0.25) is 0 Å². The van der Waals surface area contributed by atoms with E-state index in [1.165, 1.54) is 25.7 Å². The van der Waals surface area contributed by atoms with Gasteiger partial charge in [-0.05, 0) is 31.4 Å². The Balaban J connectivity index is 1.85. The Morgan fingerprint density at radius 3 is 2.89 bits per heavy atom. The Hall–Kier alpha value is -1.51. The number of rotatable bonds is 5. The van der Waals surface area contributed by atoms with E-state index in [0.717, 1.165) is 30.3 Å². The summed E-state index contributed by atoms with van der Waals surface area (Å²) < 4.78 is 5.77. The predicted molar refractivity (Wildman–Crippen MR) is 72.5 cm³/mol. The first kappa shape index (κ1) is 12.9. The van der Waals surface area contributed by atoms with Crippen LogP contribution in [0.1, 0.15) is 44.6 Å². The molecular weight excluding hydrogens is 226 g/mol. The minimum atomic E-state index is 0.608. The van der Waals surface area contributed by atoms with Gasteiger partial charge in [0.1, 0.15) is 5.75 Å². The number of ether oxygens (including phenoxy) is 1. The van der Waals surface area contributed by atoms with Gasteiger partial charge in [-0.15, -0.1) is 0 Å². The van der Waals surface area contributed by atoms with Crippen LogP contribution in [-0.2, 0) is 0 Å². The Morgan fingerprint density at radius 1 is 1.39 bits per heavy atom. The number of hydrogen-bond donors (Lipinski definition) is 1. The second kappa shape index (κ2) is 6.43. The normalized spacial score (nSPS) is 17.1. The summed E-state index contributed by atoms with van der Waals surface area (Å²) in [5.74, 6) is 1.71. The van der Waals surface area contributed by atoms with E-state index in [2.05, 4.69) is 5.16 Å². The van der Waals surface area contributed by atoms with E-state index in [9.17, 15) is 0 Å². The average molecular weight is 247 g/mol. The molecule has 3 nitrogen and oxygen atoms in total. The summed E-state index contributed by atoms with van der Waals surface area (Å²) in [7, 11) is 0. The van der Waals surface area contributed by atoms with E-state index < -0.39 is 0 Å². The van der Waals surface area contributed by atoms with E-state index in [0.29, 0.717) is 5.71 Å². The van der Waals surface area contributed by atoms with Gasteiger partial charge in [0.2, 0.25) is 0 Å². The highest BCUT2D eigenvalue weighted by atomic mass is 16.5. The summed E-state index contributed by atoms with van der Waals surface area (Å²) in [4.78, 5) is 0. The zero-order valence-corrected chi connectivity index (χ0v) is 10.9. The molecule has 1 aromatic rings. The highest BCUT2D eigenvalue weighted by Gasteiger charge is 2.14. The molecule has 1 aromatic carbocycles. The van der Waals surface area contributed by atoms with Crippen molar-refractivity contribution in [1.82, 2.24) is 0 Å². The second-order valence-corrected chi connectivity index (χ2v) is 5.00. The zero-order valence-electron chi connectivity index (χ0n) is 10.9. The maximum atomic E-state index is 8.75. The van der Waals surface area contributed by atoms with Crippen LogP contribution >= 0.6 is 0 Å². The highest BCUT2D eigenvalue weighted by Crippen LogP contribution is 2.27. The maximum Gasteiger partial charge on any atom is 0.119 e. The Labute approximate surface area is 108 Å². The van der Waals surface area contributed by atoms with Crippen LogP contribution in [0.15, 0.2) is 29.4 Å². The van der Waals surface area contributed by atoms with Crippen molar-refractivity contribution in [2.75, 3.05) is 6.61 Å². The summed E-state index contributed by atoms with van der Waals surface area (Å²) >= 11 is 0. The molecule has 0 amide bonds. The van der Waals surface area contributed by atoms with Gasteiger partial charge in [-0.3, -0.25) is 0 Å². The molecule has 0 aromatic heterocycles. The van der Waals surface area contributed by atoms with Gasteiger partial charge in [0, 0.05) is 5.56 Å². The van der Waals surface area contributed by atoms with Crippen molar-refractivity contribution in [2.24, 2.45) is 11.1 Å². The number of hydrogen-bond acceptors (Lipinski definition) is 3. The first-order valence-electron chi connectivity index (χ1n) is 6.71. The van der Waals surface area contributed by atoms with Crippen molar-refractivity contribution in [1.29, 1.82) is 0 Å². The molecule has 0 radical (unpaired) electrons. The molecule has 0 saturated heterocycles. The molecule has 0 spiro atoms. The van der Waals surface area contributed by atoms with Crippen molar-refractivity contribution in [3.8, 4) is 5.75 Å². The van der Waals surface area contributed by atoms with E-state index >= 15 is 0 Å². The average Bonchev–Trinajstić information content (AvgIpc) is 2.91. The Bertz CT molecular complexity index is 409. The SMILES string of the molecule is C/C(=N/O)c1cccc(OCCC2CCCC2)c1. The summed E-state index contributed by atoms with van der Waals surface area (Å²) in [6.07, 6.45) is 6.63. The van der Waals surface area contributed by atoms with Crippen LogP contribution in [0.5, 0.6) is 5.75 Å². The fraction of sp³-hybridized carbons (Fsp3) is 0.533. The molecular formula is C15H21NO2. The first-order valence-corrected chi connectivity index (χ1v) is 6.71. The quantitative estimate of drug-likeness (QED) is 0.488. The topological polar surface area (TPSA) is 41.8 Å². The van der Waals surface area contributed by atoms with Gasteiger partial charge in [-0.2, -0.15) is 0 Å². The zero-order chi connectivity index (χ0) is 12.8. The monoisotopic (exact) mass is 247 g/mol. The molecule has 1 N–H and O–H groups in total. The van der Waals surface area contributed by atoms with Gasteiger partial charge in [0.15, 0.2) is 0 Å². The van der Waals surface area contributed by atoms with Crippen molar-refractivity contribution in [3.63, 3.8) is 0 Å². The lowest BCUT2D eigenvalue weighted by Crippen LogP contribution is -2.04. The van der Waals surface area contributed by atoms with Crippen LogP contribution in [0.4, 0.5) is 0 Å². The fourth-order valence-corrected chi connectivity index (χ4v) is 2.51. The summed E-state index contributed by atoms with van der Waals surface area (Å²) in [6, 6.07) is 7.71. The lowest BCUT2D eigenvalue weighted by atomic mass is 10.1. The summed E-state index contributed by atoms with van der Waals surface area (Å²) in [6.45, 7) is 2.56. The third-order valence-electron chi connectivity index (χ3n) is 3.67. The number of oxime groups is 1. The van der Waals surface area contributed by atoms with Crippen molar-refractivity contribution in [3.05, 3.63) is 29.8 Å². The first-order chi connectivity index (χ1) is 8.79. The standard InChI is InChI=1S/C15H21NO2/c1-12(16-17)14-7-4-8-15(11-14)18-10-9-13-5-2-3-6-13/h4,7-8,11,13,17H,2-3,5-6,9-10H2,1H3/b16-12-. The Kier molecular flexibility index (Phi) is 4.62. The van der Waals surface area contributed by atoms with Crippen LogP contribution in [0.3, 0.4) is 0 Å². The van der Waals surface area contributed by atoms with Crippen LogP contribution in [0.25, 0.3) is 0 Å². The number of nitrogens with zero attached hydrogens (tertiary/aromatic N) is 1. The second-order valence-electron chi connectivity index (χ2n) is 5.00. The van der Waals surface area contributed by atoms with E-state index in [1.54, 1.807) is 6.92 Å². The minimum Gasteiger partial charge on any atom is -0.494 e. The van der Waals surface area contributed by atoms with Crippen LogP contribution in [0, 0.1) is 5.92 Å². The van der Waals surface area contributed by atoms with Gasteiger partial charge in [0.25, 0.3) is 0 Å². The molecule has 2 rings (SSSR count). The van der Waals surface area contributed by atoms with Crippen LogP contribution in [-0.4, -0.2) is 17.5 Å². The fourth-order valence-electron chi connectivity index (χ4n) is 2.51. The Morgan fingerprint density at radius 2 is 2.17 bits per heavy atom. The van der Waals surface area contributed by atoms with Crippen LogP contribution < -0.4 is 4.74 Å². The third kappa shape index (κ3) is 3.49. The largest absolute Gasteiger partial charge is 0.494 e. The maximum absolute atomic E-state index is 8.75. The van der Waals surface area contributed by atoms with Gasteiger partial charge in [-0.25, -0.2) is 0 Å². The van der Waals surface area contributed by atoms with E-state index in [1.807, 2.05) is 24.3 Å². The van der Waals surface area contributed by atoms with E-state index in [-0.39, 0.29) is 0 Å². The molecule has 0 atom stereocenters. The molecule has 1 fully saturated rings. The van der Waals surface area contributed by atoms with Gasteiger partial charge in [0.05, 0.1) is 12.3 Å². The summed E-state index contributed by atoms with van der Waals surface area (Å²) in [5.41, 5.74) is 1.51. The lowest BCUT2D eigenvalue weighted by molar-refractivity contribution is 0.279.